The largest absolute Gasteiger partial charge is 0.507 e. The molecule has 0 saturated carbocycles. The van der Waals surface area contributed by atoms with Gasteiger partial charge in [0, 0.05) is 6.61 Å². The molecular weight excluding hydrogens is 251 g/mol. The summed E-state index contributed by atoms with van der Waals surface area (Å²) in [5.74, 6) is -0.640. The SMILES string of the molecule is CCOC(C)(C)c1noc(-c2c(O)cccc2F)n1. The average molecular weight is 266 g/mol. The Morgan fingerprint density at radius 3 is 2.79 bits per heavy atom. The summed E-state index contributed by atoms with van der Waals surface area (Å²) >= 11 is 0. The first-order valence-electron chi connectivity index (χ1n) is 5.91. The number of nitrogens with zero attached hydrogens (tertiary/aromatic N) is 2. The zero-order chi connectivity index (χ0) is 14.0. The predicted octanol–water partition coefficient (Wildman–Crippen LogP) is 2.85. The molecule has 0 amide bonds. The van der Waals surface area contributed by atoms with E-state index in [1.807, 2.05) is 6.92 Å². The van der Waals surface area contributed by atoms with Crippen LogP contribution in [0.2, 0.25) is 0 Å². The molecule has 0 aliphatic heterocycles. The minimum Gasteiger partial charge on any atom is -0.507 e. The fraction of sp³-hybridized carbons (Fsp3) is 0.385. The maximum Gasteiger partial charge on any atom is 0.264 e. The van der Waals surface area contributed by atoms with Crippen LogP contribution in [-0.4, -0.2) is 21.9 Å². The van der Waals surface area contributed by atoms with Crippen molar-refractivity contribution in [2.24, 2.45) is 0 Å². The van der Waals surface area contributed by atoms with E-state index in [1.54, 1.807) is 13.8 Å². The number of phenols is 1. The third kappa shape index (κ3) is 2.58. The smallest absolute Gasteiger partial charge is 0.264 e. The Morgan fingerprint density at radius 2 is 2.16 bits per heavy atom. The molecule has 0 aliphatic rings. The van der Waals surface area contributed by atoms with Crippen LogP contribution in [-0.2, 0) is 10.3 Å². The van der Waals surface area contributed by atoms with Gasteiger partial charge in [0.15, 0.2) is 0 Å². The van der Waals surface area contributed by atoms with E-state index in [0.717, 1.165) is 0 Å². The molecule has 1 aromatic carbocycles. The van der Waals surface area contributed by atoms with E-state index in [2.05, 4.69) is 10.1 Å². The summed E-state index contributed by atoms with van der Waals surface area (Å²) in [4.78, 5) is 4.09. The molecule has 1 aromatic heterocycles. The number of hydrogen-bond acceptors (Lipinski definition) is 5. The monoisotopic (exact) mass is 266 g/mol. The Kier molecular flexibility index (Phi) is 3.53. The topological polar surface area (TPSA) is 68.4 Å². The highest BCUT2D eigenvalue weighted by Crippen LogP contribution is 2.32. The number of halogens is 1. The van der Waals surface area contributed by atoms with E-state index in [9.17, 15) is 9.50 Å². The zero-order valence-corrected chi connectivity index (χ0v) is 11.0. The van der Waals surface area contributed by atoms with Crippen molar-refractivity contribution in [1.29, 1.82) is 0 Å². The van der Waals surface area contributed by atoms with Crippen LogP contribution in [0, 0.1) is 5.82 Å². The summed E-state index contributed by atoms with van der Waals surface area (Å²) in [6.45, 7) is 5.91. The number of benzene rings is 1. The second kappa shape index (κ2) is 4.97. The molecule has 0 fully saturated rings. The molecule has 2 rings (SSSR count). The Labute approximate surface area is 110 Å². The molecule has 1 heterocycles. The number of rotatable bonds is 4. The summed E-state index contributed by atoms with van der Waals surface area (Å²) in [6.07, 6.45) is 0. The van der Waals surface area contributed by atoms with E-state index in [4.69, 9.17) is 9.26 Å². The standard InChI is InChI=1S/C13H15FN2O3/c1-4-18-13(2,3)12-15-11(19-16-12)10-8(14)6-5-7-9(10)17/h5-7,17H,4H2,1-3H3. The maximum atomic E-state index is 13.7. The highest BCUT2D eigenvalue weighted by molar-refractivity contribution is 5.62. The van der Waals surface area contributed by atoms with Crippen molar-refractivity contribution in [1.82, 2.24) is 10.1 Å². The molecule has 102 valence electrons. The van der Waals surface area contributed by atoms with Crippen LogP contribution in [0.1, 0.15) is 26.6 Å². The van der Waals surface area contributed by atoms with E-state index in [-0.39, 0.29) is 17.2 Å². The van der Waals surface area contributed by atoms with Gasteiger partial charge < -0.3 is 14.4 Å². The summed E-state index contributed by atoms with van der Waals surface area (Å²) in [5, 5.41) is 13.4. The lowest BCUT2D eigenvalue weighted by atomic mass is 10.1. The molecule has 1 N–H and O–H groups in total. The van der Waals surface area contributed by atoms with Gasteiger partial charge in [0.25, 0.3) is 5.89 Å². The van der Waals surface area contributed by atoms with Crippen LogP contribution in [0.25, 0.3) is 11.5 Å². The predicted molar refractivity (Wildman–Crippen MR) is 66.0 cm³/mol. The Bertz CT molecular complexity index is 561. The second-order valence-corrected chi connectivity index (χ2v) is 4.50. The molecule has 2 aromatic rings. The number of phenolic OH excluding ortho intramolecular Hbond substituents is 1. The van der Waals surface area contributed by atoms with Crippen molar-refractivity contribution in [3.63, 3.8) is 0 Å². The van der Waals surface area contributed by atoms with Gasteiger partial charge in [-0.05, 0) is 32.9 Å². The normalized spacial score (nSPS) is 11.8. The molecule has 0 bridgehead atoms. The molecule has 0 spiro atoms. The fourth-order valence-corrected chi connectivity index (χ4v) is 1.72. The van der Waals surface area contributed by atoms with Crippen molar-refractivity contribution in [2.45, 2.75) is 26.4 Å². The molecule has 0 aliphatic carbocycles. The summed E-state index contributed by atoms with van der Waals surface area (Å²) in [5.41, 5.74) is -0.842. The van der Waals surface area contributed by atoms with Crippen molar-refractivity contribution < 1.29 is 18.8 Å². The lowest BCUT2D eigenvalue weighted by Crippen LogP contribution is -2.23. The zero-order valence-electron chi connectivity index (χ0n) is 11.0. The van der Waals surface area contributed by atoms with Gasteiger partial charge in [0.2, 0.25) is 5.82 Å². The molecule has 19 heavy (non-hydrogen) atoms. The van der Waals surface area contributed by atoms with Gasteiger partial charge in [-0.3, -0.25) is 0 Å². The fourth-order valence-electron chi connectivity index (χ4n) is 1.72. The van der Waals surface area contributed by atoms with Gasteiger partial charge in [-0.2, -0.15) is 4.98 Å². The molecule has 5 nitrogen and oxygen atoms in total. The molecule has 0 radical (unpaired) electrons. The lowest BCUT2D eigenvalue weighted by Gasteiger charge is -2.19. The van der Waals surface area contributed by atoms with Crippen LogP contribution in [0.5, 0.6) is 5.75 Å². The minimum absolute atomic E-state index is 0.0709. The summed E-state index contributed by atoms with van der Waals surface area (Å²) < 4.78 is 24.2. The summed E-state index contributed by atoms with van der Waals surface area (Å²) in [6, 6.07) is 3.97. The number of aromatic hydroxyl groups is 1. The highest BCUT2D eigenvalue weighted by Gasteiger charge is 2.28. The van der Waals surface area contributed by atoms with Crippen LogP contribution in [0.3, 0.4) is 0 Å². The number of aromatic nitrogens is 2. The molecular formula is C13H15FN2O3. The van der Waals surface area contributed by atoms with Gasteiger partial charge >= 0.3 is 0 Å². The summed E-state index contributed by atoms with van der Waals surface area (Å²) in [7, 11) is 0. The van der Waals surface area contributed by atoms with Gasteiger partial charge in [-0.1, -0.05) is 11.2 Å². The third-order valence-electron chi connectivity index (χ3n) is 2.68. The first-order chi connectivity index (χ1) is 8.95. The highest BCUT2D eigenvalue weighted by atomic mass is 19.1. The molecule has 0 saturated heterocycles. The third-order valence-corrected chi connectivity index (χ3v) is 2.68. The van der Waals surface area contributed by atoms with Gasteiger partial charge in [0.1, 0.15) is 22.7 Å². The van der Waals surface area contributed by atoms with E-state index < -0.39 is 11.4 Å². The average Bonchev–Trinajstić information content (AvgIpc) is 2.78. The molecule has 0 atom stereocenters. The maximum absolute atomic E-state index is 13.7. The Hall–Kier alpha value is -1.95. The van der Waals surface area contributed by atoms with Gasteiger partial charge in [0.05, 0.1) is 0 Å². The lowest BCUT2D eigenvalue weighted by molar-refractivity contribution is -0.0221. The first-order valence-corrected chi connectivity index (χ1v) is 5.91. The van der Waals surface area contributed by atoms with Crippen molar-refractivity contribution >= 4 is 0 Å². The van der Waals surface area contributed by atoms with Crippen molar-refractivity contribution in [2.75, 3.05) is 6.61 Å². The molecule has 0 unspecified atom stereocenters. The second-order valence-electron chi connectivity index (χ2n) is 4.50. The number of ether oxygens (including phenoxy) is 1. The van der Waals surface area contributed by atoms with E-state index >= 15 is 0 Å². The van der Waals surface area contributed by atoms with Crippen LogP contribution >= 0.6 is 0 Å². The Morgan fingerprint density at radius 1 is 1.42 bits per heavy atom. The van der Waals surface area contributed by atoms with E-state index in [1.165, 1.54) is 18.2 Å². The van der Waals surface area contributed by atoms with E-state index in [0.29, 0.717) is 12.4 Å². The van der Waals surface area contributed by atoms with Gasteiger partial charge in [-0.25, -0.2) is 4.39 Å². The van der Waals surface area contributed by atoms with Crippen LogP contribution in [0.4, 0.5) is 4.39 Å². The number of hydrogen-bond donors (Lipinski definition) is 1. The van der Waals surface area contributed by atoms with Crippen molar-refractivity contribution in [3.05, 3.63) is 29.8 Å². The van der Waals surface area contributed by atoms with Crippen LogP contribution < -0.4 is 0 Å². The Balaban J connectivity index is 2.42. The first kappa shape index (κ1) is 13.5. The van der Waals surface area contributed by atoms with Gasteiger partial charge in [-0.15, -0.1) is 0 Å². The minimum atomic E-state index is -0.739. The van der Waals surface area contributed by atoms with Crippen LogP contribution in [0.15, 0.2) is 22.7 Å². The van der Waals surface area contributed by atoms with Crippen molar-refractivity contribution in [3.8, 4) is 17.2 Å². The molecule has 6 heteroatoms. The quantitative estimate of drug-likeness (QED) is 0.921.